The largest absolute Gasteiger partial charge is 0.102 e. The van der Waals surface area contributed by atoms with E-state index in [1.807, 2.05) is 0 Å². The van der Waals surface area contributed by atoms with Crippen LogP contribution in [0.3, 0.4) is 0 Å². The number of rotatable bonds is 6. The molecule has 0 saturated carbocycles. The average Bonchev–Trinajstić information content (AvgIpc) is 3.05. The maximum atomic E-state index is 4.95. The molecule has 0 heterocycles. The number of hydrogen-bond donors (Lipinski definition) is 0. The molecule has 0 aliphatic carbocycles. The zero-order chi connectivity index (χ0) is 29.4. The molecular formula is C36H32Cl3P2V+2. The van der Waals surface area contributed by atoms with Crippen LogP contribution in [0.15, 0.2) is 182 Å². The molecule has 0 spiro atoms. The Morgan fingerprint density at radius 2 is 0.381 bits per heavy atom. The third-order valence-corrected chi connectivity index (χ3v) is 11.8. The zero-order valence-electron chi connectivity index (χ0n) is 22.9. The van der Waals surface area contributed by atoms with Crippen molar-refractivity contribution in [1.29, 1.82) is 0 Å². The van der Waals surface area contributed by atoms with Gasteiger partial charge in [0.05, 0.1) is 15.8 Å². The second kappa shape index (κ2) is 18.3. The van der Waals surface area contributed by atoms with Gasteiger partial charge in [-0.1, -0.05) is 109 Å². The molecule has 42 heavy (non-hydrogen) atoms. The minimum absolute atomic E-state index is 0.877. The molecule has 0 aromatic heterocycles. The van der Waals surface area contributed by atoms with Gasteiger partial charge >= 0.3 is 41.8 Å². The quantitative estimate of drug-likeness (QED) is 0.155. The average molecular weight is 684 g/mol. The molecule has 0 radical (unpaired) electrons. The third kappa shape index (κ3) is 10.4. The van der Waals surface area contributed by atoms with Gasteiger partial charge in [0, 0.05) is 0 Å². The van der Waals surface area contributed by atoms with E-state index in [4.69, 9.17) is 29.5 Å². The van der Waals surface area contributed by atoms with Gasteiger partial charge in [-0.15, -0.1) is 0 Å². The van der Waals surface area contributed by atoms with E-state index in [1.54, 1.807) is 0 Å². The standard InChI is InChI=1S/2C18H15P.3ClH.V/c2*1-4-10-16(11-5-1)19(17-12-6-2-7-13-17)18-14-8-3-9-15-18;;;;/h2*1-15H;3*1H;/q;;;;;+3/p-1. The Labute approximate surface area is 269 Å². The molecule has 0 amide bonds. The summed E-state index contributed by atoms with van der Waals surface area (Å²) in [7, 11) is 13.1. The van der Waals surface area contributed by atoms with Crippen molar-refractivity contribution in [1.82, 2.24) is 0 Å². The second-order valence-electron chi connectivity index (χ2n) is 9.14. The summed E-state index contributed by atoms with van der Waals surface area (Å²) in [6, 6.07) is 65.0. The van der Waals surface area contributed by atoms with Gasteiger partial charge in [0.2, 0.25) is 0 Å². The SMILES string of the molecule is [Cl][V]([Cl])[Cl].c1ccc([PH+](c2ccccc2)c2ccccc2)cc1.c1ccc([PH+](c2ccccc2)c2ccccc2)cc1. The van der Waals surface area contributed by atoms with Crippen molar-refractivity contribution >= 4 is 77.2 Å². The molecule has 210 valence electrons. The van der Waals surface area contributed by atoms with E-state index in [0.717, 1.165) is 0 Å². The van der Waals surface area contributed by atoms with E-state index in [1.165, 1.54) is 31.8 Å². The number of hydrogen-bond acceptors (Lipinski definition) is 0. The molecule has 0 nitrogen and oxygen atoms in total. The summed E-state index contributed by atoms with van der Waals surface area (Å²) in [6.07, 6.45) is 0. The van der Waals surface area contributed by atoms with Gasteiger partial charge in [-0.25, -0.2) is 0 Å². The van der Waals surface area contributed by atoms with E-state index >= 15 is 0 Å². The molecular weight excluding hydrogens is 652 g/mol. The zero-order valence-corrected chi connectivity index (χ0v) is 28.6. The van der Waals surface area contributed by atoms with Crippen LogP contribution in [-0.2, 0) is 12.3 Å². The van der Waals surface area contributed by atoms with Crippen molar-refractivity contribution < 1.29 is 12.3 Å². The normalized spacial score (nSPS) is 10.4. The van der Waals surface area contributed by atoms with Crippen LogP contribution in [0.4, 0.5) is 0 Å². The summed E-state index contributed by atoms with van der Waals surface area (Å²) in [5, 5.41) is 8.61. The van der Waals surface area contributed by atoms with Gasteiger partial charge in [0.25, 0.3) is 0 Å². The topological polar surface area (TPSA) is 0 Å². The first-order valence-corrected chi connectivity index (χ1v) is 22.2. The summed E-state index contributed by atoms with van der Waals surface area (Å²) in [5.41, 5.74) is 0. The van der Waals surface area contributed by atoms with E-state index in [0.29, 0.717) is 0 Å². The molecule has 0 saturated heterocycles. The first kappa shape index (κ1) is 32.5. The molecule has 6 rings (SSSR count). The van der Waals surface area contributed by atoms with Gasteiger partial charge < -0.3 is 0 Å². The molecule has 0 unspecified atom stereocenters. The Hall–Kier alpha value is -2.37. The fourth-order valence-electron chi connectivity index (χ4n) is 4.63. The van der Waals surface area contributed by atoms with Gasteiger partial charge in [-0.2, -0.15) is 0 Å². The Kier molecular flexibility index (Phi) is 14.2. The summed E-state index contributed by atoms with van der Waals surface area (Å²) in [6.45, 7) is 0. The van der Waals surface area contributed by atoms with Gasteiger partial charge in [0.15, 0.2) is 0 Å². The Morgan fingerprint density at radius 3 is 0.500 bits per heavy atom. The fourth-order valence-corrected chi connectivity index (χ4v) is 9.78. The van der Waals surface area contributed by atoms with Crippen LogP contribution < -0.4 is 31.8 Å². The minimum atomic E-state index is -1.77. The van der Waals surface area contributed by atoms with Crippen molar-refractivity contribution in [3.05, 3.63) is 182 Å². The summed E-state index contributed by atoms with van der Waals surface area (Å²) in [5.74, 6) is 0. The van der Waals surface area contributed by atoms with Crippen LogP contribution in [0.2, 0.25) is 0 Å². The van der Waals surface area contributed by atoms with E-state index < -0.39 is 28.1 Å². The molecule has 0 bridgehead atoms. The molecule has 0 aliphatic heterocycles. The minimum Gasteiger partial charge on any atom is -0.0620 e. The maximum absolute atomic E-state index is 4.95. The number of benzene rings is 6. The molecule has 0 N–H and O–H groups in total. The van der Waals surface area contributed by atoms with Crippen LogP contribution in [0.25, 0.3) is 0 Å². The molecule has 6 aromatic carbocycles. The van der Waals surface area contributed by atoms with Crippen molar-refractivity contribution in [2.24, 2.45) is 0 Å². The predicted molar refractivity (Wildman–Crippen MR) is 191 cm³/mol. The van der Waals surface area contributed by atoms with Crippen molar-refractivity contribution in [2.75, 3.05) is 0 Å². The van der Waals surface area contributed by atoms with Gasteiger partial charge in [-0.3, -0.25) is 0 Å². The van der Waals surface area contributed by atoms with E-state index in [-0.39, 0.29) is 0 Å². The van der Waals surface area contributed by atoms with Crippen molar-refractivity contribution in [3.63, 3.8) is 0 Å². The van der Waals surface area contributed by atoms with Gasteiger partial charge in [0.1, 0.15) is 31.8 Å². The van der Waals surface area contributed by atoms with Crippen molar-refractivity contribution in [3.8, 4) is 0 Å². The van der Waals surface area contributed by atoms with Crippen molar-refractivity contribution in [2.45, 2.75) is 0 Å². The smallest absolute Gasteiger partial charge is 0.0620 e. The van der Waals surface area contributed by atoms with Gasteiger partial charge in [-0.05, 0) is 72.8 Å². The van der Waals surface area contributed by atoms with Crippen LogP contribution in [-0.4, -0.2) is 0 Å². The van der Waals surface area contributed by atoms with Crippen LogP contribution in [0, 0.1) is 0 Å². The van der Waals surface area contributed by atoms with E-state index in [9.17, 15) is 0 Å². The first-order valence-electron chi connectivity index (χ1n) is 13.5. The Morgan fingerprint density at radius 1 is 0.262 bits per heavy atom. The molecule has 6 aromatic rings. The predicted octanol–water partition coefficient (Wildman–Crippen LogP) is 8.42. The molecule has 0 fully saturated rings. The Balaban J connectivity index is 0.000000171. The van der Waals surface area contributed by atoms with Crippen LogP contribution >= 0.6 is 45.4 Å². The molecule has 6 heteroatoms. The Bertz CT molecular complexity index is 1230. The van der Waals surface area contributed by atoms with E-state index in [2.05, 4.69) is 182 Å². The second-order valence-corrected chi connectivity index (χ2v) is 21.0. The molecule has 0 atom stereocenters. The monoisotopic (exact) mass is 682 g/mol. The van der Waals surface area contributed by atoms with Crippen LogP contribution in [0.5, 0.6) is 0 Å². The summed E-state index contributed by atoms with van der Waals surface area (Å²) in [4.78, 5) is 0. The summed E-state index contributed by atoms with van der Waals surface area (Å²) >= 11 is -1.77. The fraction of sp³-hybridized carbons (Fsp3) is 0. The summed E-state index contributed by atoms with van der Waals surface area (Å²) < 4.78 is 0. The third-order valence-electron chi connectivity index (χ3n) is 6.37. The first-order chi connectivity index (χ1) is 20.6. The maximum Gasteiger partial charge on any atom is 0.102 e. The number of halogens is 3. The molecule has 0 aliphatic rings. The van der Waals surface area contributed by atoms with Crippen LogP contribution in [0.1, 0.15) is 0 Å².